The fraction of sp³-hybridized carbons (Fsp3) is 0.389. The number of allylic oxidation sites excluding steroid dienone is 3. The summed E-state index contributed by atoms with van der Waals surface area (Å²) in [5.41, 5.74) is 3.41. The summed E-state index contributed by atoms with van der Waals surface area (Å²) < 4.78 is 0. The molecular formula is C18H27N3S. The zero-order valence-electron chi connectivity index (χ0n) is 14.0. The zero-order valence-corrected chi connectivity index (χ0v) is 14.8. The van der Waals surface area contributed by atoms with Crippen molar-refractivity contribution in [1.82, 2.24) is 10.2 Å². The molecule has 22 heavy (non-hydrogen) atoms. The Morgan fingerprint density at radius 3 is 2.73 bits per heavy atom. The molecule has 1 N–H and O–H groups in total. The molecule has 0 atom stereocenters. The first-order valence-corrected chi connectivity index (χ1v) is 8.46. The third kappa shape index (κ3) is 4.49. The summed E-state index contributed by atoms with van der Waals surface area (Å²) in [6.07, 6.45) is 4.76. The molecule has 0 fully saturated rings. The summed E-state index contributed by atoms with van der Waals surface area (Å²) in [7, 11) is 1.96. The Hall–Kier alpha value is -1.52. The minimum absolute atomic E-state index is 0.648. The highest BCUT2D eigenvalue weighted by atomic mass is 32.2. The van der Waals surface area contributed by atoms with Crippen molar-refractivity contribution in [2.24, 2.45) is 4.99 Å². The zero-order chi connectivity index (χ0) is 16.5. The Morgan fingerprint density at radius 1 is 1.45 bits per heavy atom. The van der Waals surface area contributed by atoms with Crippen LogP contribution in [0, 0.1) is 0 Å². The van der Waals surface area contributed by atoms with E-state index in [1.165, 1.54) is 11.3 Å². The summed E-state index contributed by atoms with van der Waals surface area (Å²) in [5, 5.41) is 5.24. The molecule has 0 spiro atoms. The summed E-state index contributed by atoms with van der Waals surface area (Å²) in [6, 6.07) is 0. The maximum absolute atomic E-state index is 4.76. The molecule has 1 heterocycles. The van der Waals surface area contributed by atoms with Gasteiger partial charge in [-0.05, 0) is 36.9 Å². The van der Waals surface area contributed by atoms with Crippen LogP contribution in [0.5, 0.6) is 0 Å². The summed E-state index contributed by atoms with van der Waals surface area (Å²) in [4.78, 5) is 8.00. The van der Waals surface area contributed by atoms with Gasteiger partial charge in [-0.1, -0.05) is 50.6 Å². The second-order valence-corrected chi connectivity index (χ2v) is 5.91. The molecule has 0 amide bonds. The van der Waals surface area contributed by atoms with Crippen molar-refractivity contribution < 1.29 is 0 Å². The van der Waals surface area contributed by atoms with Crippen molar-refractivity contribution in [1.29, 1.82) is 0 Å². The number of nitrogens with zero attached hydrogens (tertiary/aromatic N) is 2. The molecule has 4 heteroatoms. The maximum atomic E-state index is 4.76. The van der Waals surface area contributed by atoms with Crippen LogP contribution in [-0.2, 0) is 0 Å². The first kappa shape index (κ1) is 18.5. The molecule has 0 unspecified atom stereocenters. The van der Waals surface area contributed by atoms with Crippen molar-refractivity contribution >= 4 is 17.6 Å². The number of likely N-dealkylation sites (N-methyl/N-ethyl adjacent to an activating group) is 1. The standard InChI is InChI=1S/C18H27N3S/c1-7-12-22-15(5)18-20-13-16(14(4)8-2)17(9-3)21(18)11-10-19-6/h7-8,12,19H,2,4-5,9-11,13H2,1,3,6H3/b12-7-. The van der Waals surface area contributed by atoms with Crippen LogP contribution >= 0.6 is 11.8 Å². The highest BCUT2D eigenvalue weighted by Crippen LogP contribution is 2.30. The molecule has 120 valence electrons. The van der Waals surface area contributed by atoms with Crippen LogP contribution in [0.1, 0.15) is 20.3 Å². The van der Waals surface area contributed by atoms with Gasteiger partial charge in [-0.15, -0.1) is 0 Å². The van der Waals surface area contributed by atoms with Gasteiger partial charge in [0.2, 0.25) is 0 Å². The average molecular weight is 318 g/mol. The number of rotatable bonds is 9. The third-order valence-corrected chi connectivity index (χ3v) is 4.34. The lowest BCUT2D eigenvalue weighted by Crippen LogP contribution is -2.39. The lowest BCUT2D eigenvalue weighted by Gasteiger charge is -2.34. The van der Waals surface area contributed by atoms with Gasteiger partial charge in [0.1, 0.15) is 5.84 Å². The van der Waals surface area contributed by atoms with Gasteiger partial charge in [0, 0.05) is 23.7 Å². The monoisotopic (exact) mass is 317 g/mol. The van der Waals surface area contributed by atoms with Crippen LogP contribution < -0.4 is 5.32 Å². The molecule has 0 aromatic rings. The smallest absolute Gasteiger partial charge is 0.141 e. The molecule has 1 aliphatic rings. The normalized spacial score (nSPS) is 15.2. The van der Waals surface area contributed by atoms with E-state index in [-0.39, 0.29) is 0 Å². The Kier molecular flexibility index (Phi) is 7.99. The second kappa shape index (κ2) is 9.49. The first-order valence-electron chi connectivity index (χ1n) is 7.58. The van der Waals surface area contributed by atoms with E-state index in [1.54, 1.807) is 11.8 Å². The first-order chi connectivity index (χ1) is 10.6. The van der Waals surface area contributed by atoms with Crippen LogP contribution in [0.2, 0.25) is 0 Å². The fourth-order valence-electron chi connectivity index (χ4n) is 2.34. The van der Waals surface area contributed by atoms with E-state index in [4.69, 9.17) is 4.99 Å². The summed E-state index contributed by atoms with van der Waals surface area (Å²) >= 11 is 1.61. The van der Waals surface area contributed by atoms with E-state index in [0.717, 1.165) is 35.8 Å². The van der Waals surface area contributed by atoms with Gasteiger partial charge >= 0.3 is 0 Å². The van der Waals surface area contributed by atoms with E-state index < -0.39 is 0 Å². The third-order valence-electron chi connectivity index (χ3n) is 3.47. The molecule has 1 rings (SSSR count). The van der Waals surface area contributed by atoms with Gasteiger partial charge < -0.3 is 10.2 Å². The fourth-order valence-corrected chi connectivity index (χ4v) is 2.92. The molecule has 0 aliphatic carbocycles. The largest absolute Gasteiger partial charge is 0.328 e. The average Bonchev–Trinajstić information content (AvgIpc) is 2.55. The Morgan fingerprint density at radius 2 is 2.18 bits per heavy atom. The van der Waals surface area contributed by atoms with Crippen LogP contribution in [0.4, 0.5) is 0 Å². The molecule has 1 aliphatic heterocycles. The van der Waals surface area contributed by atoms with Gasteiger partial charge in [0.25, 0.3) is 0 Å². The van der Waals surface area contributed by atoms with Crippen molar-refractivity contribution in [3.05, 3.63) is 59.0 Å². The van der Waals surface area contributed by atoms with Gasteiger partial charge in [0.15, 0.2) is 0 Å². The van der Waals surface area contributed by atoms with Gasteiger partial charge in [-0.25, -0.2) is 0 Å². The number of nitrogens with one attached hydrogen (secondary N) is 1. The maximum Gasteiger partial charge on any atom is 0.141 e. The van der Waals surface area contributed by atoms with Crippen molar-refractivity contribution in [2.75, 3.05) is 26.7 Å². The van der Waals surface area contributed by atoms with Gasteiger partial charge in [-0.3, -0.25) is 4.99 Å². The molecule has 0 radical (unpaired) electrons. The van der Waals surface area contributed by atoms with Crippen molar-refractivity contribution in [2.45, 2.75) is 20.3 Å². The minimum Gasteiger partial charge on any atom is -0.328 e. The highest BCUT2D eigenvalue weighted by molar-refractivity contribution is 8.06. The van der Waals surface area contributed by atoms with E-state index in [0.29, 0.717) is 6.54 Å². The molecular weight excluding hydrogens is 290 g/mol. The summed E-state index contributed by atoms with van der Waals surface area (Å²) in [5.74, 6) is 0.968. The topological polar surface area (TPSA) is 27.6 Å². The van der Waals surface area contributed by atoms with Crippen LogP contribution in [0.15, 0.2) is 64.0 Å². The van der Waals surface area contributed by atoms with Crippen molar-refractivity contribution in [3.63, 3.8) is 0 Å². The van der Waals surface area contributed by atoms with E-state index in [2.05, 4.69) is 36.9 Å². The number of aliphatic imine (C=N–C) groups is 1. The quantitative estimate of drug-likeness (QED) is 0.649. The Balaban J connectivity index is 3.14. The molecule has 0 aromatic carbocycles. The number of hydrogen-bond donors (Lipinski definition) is 1. The Bertz CT molecular complexity index is 526. The number of amidine groups is 1. The van der Waals surface area contributed by atoms with Crippen LogP contribution in [0.3, 0.4) is 0 Å². The van der Waals surface area contributed by atoms with Gasteiger partial charge in [-0.2, -0.15) is 0 Å². The summed E-state index contributed by atoms with van der Waals surface area (Å²) in [6.45, 7) is 18.7. The Labute approximate surface area is 139 Å². The highest BCUT2D eigenvalue weighted by Gasteiger charge is 2.24. The molecule has 0 saturated heterocycles. The number of thioether (sulfide) groups is 1. The predicted octanol–water partition coefficient (Wildman–Crippen LogP) is 4.11. The predicted molar refractivity (Wildman–Crippen MR) is 101 cm³/mol. The van der Waals surface area contributed by atoms with Gasteiger partial charge in [0.05, 0.1) is 6.54 Å². The molecule has 0 saturated carbocycles. The lowest BCUT2D eigenvalue weighted by atomic mass is 10.0. The van der Waals surface area contributed by atoms with Crippen LogP contribution in [0.25, 0.3) is 0 Å². The van der Waals surface area contributed by atoms with Crippen molar-refractivity contribution in [3.8, 4) is 0 Å². The number of hydrogen-bond acceptors (Lipinski definition) is 4. The molecule has 0 aromatic heterocycles. The van der Waals surface area contributed by atoms with Crippen LogP contribution in [-0.4, -0.2) is 37.4 Å². The van der Waals surface area contributed by atoms with E-state index in [1.807, 2.05) is 31.5 Å². The molecule has 3 nitrogen and oxygen atoms in total. The molecule has 0 bridgehead atoms. The second-order valence-electron chi connectivity index (χ2n) is 4.91. The lowest BCUT2D eigenvalue weighted by molar-refractivity contribution is 0.474. The SMILES string of the molecule is C=CC(=C)C1=C(CC)N(CCNC)C(C(=C)S/C=C\C)=NC1. The van der Waals surface area contributed by atoms with E-state index >= 15 is 0 Å². The van der Waals surface area contributed by atoms with E-state index in [9.17, 15) is 0 Å². The minimum atomic E-state index is 0.648.